The Labute approximate surface area is 187 Å². The van der Waals surface area contributed by atoms with E-state index in [4.69, 9.17) is 16.3 Å². The van der Waals surface area contributed by atoms with Crippen molar-refractivity contribution in [1.82, 2.24) is 0 Å². The lowest BCUT2D eigenvalue weighted by atomic mass is 10.2. The minimum absolute atomic E-state index is 0.0832. The van der Waals surface area contributed by atoms with Gasteiger partial charge in [-0.3, -0.25) is 9.10 Å². The maximum absolute atomic E-state index is 13.4. The van der Waals surface area contributed by atoms with Crippen molar-refractivity contribution in [2.24, 2.45) is 0 Å². The van der Waals surface area contributed by atoms with Crippen LogP contribution in [0.4, 0.5) is 11.4 Å². The lowest BCUT2D eigenvalue weighted by Crippen LogP contribution is -2.38. The van der Waals surface area contributed by atoms with Gasteiger partial charge < -0.3 is 10.1 Å². The van der Waals surface area contributed by atoms with Crippen LogP contribution in [0.15, 0.2) is 71.6 Å². The molecule has 0 aliphatic rings. The molecule has 0 aliphatic carbocycles. The Hall–Kier alpha value is -3.03. The van der Waals surface area contributed by atoms with Crippen LogP contribution in [-0.2, 0) is 14.8 Å². The summed E-state index contributed by atoms with van der Waals surface area (Å²) in [5, 5.41) is 3.13. The molecule has 0 unspecified atom stereocenters. The summed E-state index contributed by atoms with van der Waals surface area (Å²) >= 11 is 6.24. The van der Waals surface area contributed by atoms with Gasteiger partial charge in [-0.25, -0.2) is 8.42 Å². The van der Waals surface area contributed by atoms with Gasteiger partial charge in [-0.2, -0.15) is 0 Å². The molecule has 6 nitrogen and oxygen atoms in total. The van der Waals surface area contributed by atoms with Crippen LogP contribution in [0.25, 0.3) is 0 Å². The summed E-state index contributed by atoms with van der Waals surface area (Å²) in [7, 11) is -2.53. The van der Waals surface area contributed by atoms with Crippen molar-refractivity contribution in [1.29, 1.82) is 0 Å². The fourth-order valence-electron chi connectivity index (χ4n) is 2.96. The molecular weight excluding hydrogens is 436 g/mol. The Bertz CT molecular complexity index is 1190. The number of nitrogens with one attached hydrogen (secondary N) is 1. The highest BCUT2D eigenvalue weighted by Crippen LogP contribution is 2.29. The van der Waals surface area contributed by atoms with Crippen LogP contribution in [0.1, 0.15) is 11.1 Å². The summed E-state index contributed by atoms with van der Waals surface area (Å²) in [5.74, 6) is -0.0425. The van der Waals surface area contributed by atoms with E-state index < -0.39 is 22.5 Å². The Kier molecular flexibility index (Phi) is 6.87. The minimum Gasteiger partial charge on any atom is -0.495 e. The van der Waals surface area contributed by atoms with E-state index in [2.05, 4.69) is 5.32 Å². The lowest BCUT2D eigenvalue weighted by molar-refractivity contribution is -0.114. The van der Waals surface area contributed by atoms with Gasteiger partial charge in [-0.15, -0.1) is 0 Å². The third kappa shape index (κ3) is 5.18. The molecular formula is C23H23ClN2O4S. The third-order valence-electron chi connectivity index (χ3n) is 4.72. The first-order valence-electron chi connectivity index (χ1n) is 9.51. The van der Waals surface area contributed by atoms with Crippen molar-refractivity contribution in [2.45, 2.75) is 18.7 Å². The molecule has 3 aromatic carbocycles. The van der Waals surface area contributed by atoms with Gasteiger partial charge in [0.2, 0.25) is 5.91 Å². The van der Waals surface area contributed by atoms with Crippen LogP contribution in [0, 0.1) is 13.8 Å². The van der Waals surface area contributed by atoms with Crippen molar-refractivity contribution in [3.05, 3.63) is 82.9 Å². The molecule has 0 aliphatic heterocycles. The molecule has 0 saturated heterocycles. The molecule has 0 spiro atoms. The molecule has 0 heterocycles. The first-order valence-corrected chi connectivity index (χ1v) is 11.3. The Morgan fingerprint density at radius 2 is 1.71 bits per heavy atom. The van der Waals surface area contributed by atoms with Gasteiger partial charge in [-0.05, 0) is 55.8 Å². The first-order chi connectivity index (χ1) is 14.7. The Morgan fingerprint density at radius 3 is 2.35 bits per heavy atom. The number of nitrogens with zero attached hydrogens (tertiary/aromatic N) is 1. The summed E-state index contributed by atoms with van der Waals surface area (Å²) in [6.45, 7) is 3.25. The fraction of sp³-hybridized carbons (Fsp3) is 0.174. The summed E-state index contributed by atoms with van der Waals surface area (Å²) in [5.41, 5.74) is 2.48. The van der Waals surface area contributed by atoms with Crippen molar-refractivity contribution >= 4 is 38.9 Å². The highest BCUT2D eigenvalue weighted by molar-refractivity contribution is 7.92. The molecule has 31 heavy (non-hydrogen) atoms. The number of methoxy groups -OCH3 is 1. The number of anilines is 2. The van der Waals surface area contributed by atoms with Crippen molar-refractivity contribution in [3.8, 4) is 5.75 Å². The molecule has 0 atom stereocenters. The summed E-state index contributed by atoms with van der Waals surface area (Å²) in [4.78, 5) is 12.9. The number of hydrogen-bond acceptors (Lipinski definition) is 4. The number of amides is 1. The Morgan fingerprint density at radius 1 is 1.03 bits per heavy atom. The molecule has 3 rings (SSSR count). The predicted octanol–water partition coefficient (Wildman–Crippen LogP) is 4.80. The highest BCUT2D eigenvalue weighted by atomic mass is 35.5. The summed E-state index contributed by atoms with van der Waals surface area (Å²) in [6.07, 6.45) is 0. The molecule has 0 radical (unpaired) electrons. The molecule has 0 bridgehead atoms. The largest absolute Gasteiger partial charge is 0.495 e. The number of para-hydroxylation sites is 2. The van der Waals surface area contributed by atoms with E-state index in [-0.39, 0.29) is 4.90 Å². The zero-order valence-electron chi connectivity index (χ0n) is 17.4. The maximum Gasteiger partial charge on any atom is 0.264 e. The molecule has 0 aromatic heterocycles. The normalized spacial score (nSPS) is 11.1. The Balaban J connectivity index is 1.98. The van der Waals surface area contributed by atoms with Crippen LogP contribution >= 0.6 is 11.6 Å². The van der Waals surface area contributed by atoms with E-state index >= 15 is 0 Å². The second kappa shape index (κ2) is 9.41. The van der Waals surface area contributed by atoms with E-state index in [0.717, 1.165) is 15.4 Å². The lowest BCUT2D eigenvalue weighted by Gasteiger charge is -2.25. The van der Waals surface area contributed by atoms with E-state index in [0.29, 0.717) is 22.1 Å². The maximum atomic E-state index is 13.4. The van der Waals surface area contributed by atoms with Gasteiger partial charge >= 0.3 is 0 Å². The highest BCUT2D eigenvalue weighted by Gasteiger charge is 2.28. The molecule has 0 saturated carbocycles. The topological polar surface area (TPSA) is 75.7 Å². The van der Waals surface area contributed by atoms with Gasteiger partial charge in [0, 0.05) is 5.02 Å². The van der Waals surface area contributed by atoms with Crippen LogP contribution in [0.5, 0.6) is 5.75 Å². The standard InChI is InChI=1S/C23H23ClN2O4S/c1-16-8-12-19(13-9-16)31(28,29)26(18-11-10-17(2)20(24)14-18)15-23(27)25-21-6-4-5-7-22(21)30-3/h4-14H,15H2,1-3H3,(H,25,27). The van der Waals surface area contributed by atoms with E-state index in [1.807, 2.05) is 13.8 Å². The van der Waals surface area contributed by atoms with Crippen LogP contribution < -0.4 is 14.4 Å². The number of benzene rings is 3. The number of hydrogen-bond donors (Lipinski definition) is 1. The smallest absolute Gasteiger partial charge is 0.264 e. The SMILES string of the molecule is COc1ccccc1NC(=O)CN(c1ccc(C)c(Cl)c1)S(=O)(=O)c1ccc(C)cc1. The third-order valence-corrected chi connectivity index (χ3v) is 6.92. The average molecular weight is 459 g/mol. The van der Waals surface area contributed by atoms with E-state index in [1.54, 1.807) is 54.6 Å². The van der Waals surface area contributed by atoms with Gasteiger partial charge in [-0.1, -0.05) is 47.5 Å². The number of aryl methyl sites for hydroxylation is 2. The van der Waals surface area contributed by atoms with Gasteiger partial charge in [0.15, 0.2) is 0 Å². The number of ether oxygens (including phenoxy) is 1. The number of rotatable bonds is 7. The zero-order chi connectivity index (χ0) is 22.6. The summed E-state index contributed by atoms with van der Waals surface area (Å²) < 4.78 is 33.2. The molecule has 3 aromatic rings. The second-order valence-electron chi connectivity index (χ2n) is 7.01. The number of halogens is 1. The van der Waals surface area contributed by atoms with Crippen molar-refractivity contribution in [3.63, 3.8) is 0 Å². The molecule has 162 valence electrons. The fourth-order valence-corrected chi connectivity index (χ4v) is 4.55. The second-order valence-corrected chi connectivity index (χ2v) is 9.28. The molecule has 1 N–H and O–H groups in total. The van der Waals surface area contributed by atoms with E-state index in [1.165, 1.54) is 19.2 Å². The van der Waals surface area contributed by atoms with Crippen LogP contribution in [0.2, 0.25) is 5.02 Å². The molecule has 1 amide bonds. The summed E-state index contributed by atoms with van der Waals surface area (Å²) in [6, 6.07) is 18.3. The first kappa shape index (κ1) is 22.7. The zero-order valence-corrected chi connectivity index (χ0v) is 19.0. The molecule has 8 heteroatoms. The number of carbonyl (C=O) groups excluding carboxylic acids is 1. The molecule has 0 fully saturated rings. The van der Waals surface area contributed by atoms with Gasteiger partial charge in [0.05, 0.1) is 23.4 Å². The van der Waals surface area contributed by atoms with Gasteiger partial charge in [0.1, 0.15) is 12.3 Å². The average Bonchev–Trinajstić information content (AvgIpc) is 2.74. The minimum atomic E-state index is -4.02. The van der Waals surface area contributed by atoms with Gasteiger partial charge in [0.25, 0.3) is 10.0 Å². The number of carbonyl (C=O) groups is 1. The van der Waals surface area contributed by atoms with E-state index in [9.17, 15) is 13.2 Å². The predicted molar refractivity (Wildman–Crippen MR) is 124 cm³/mol. The number of sulfonamides is 1. The quantitative estimate of drug-likeness (QED) is 0.551. The van der Waals surface area contributed by atoms with Crippen molar-refractivity contribution < 1.29 is 17.9 Å². The van der Waals surface area contributed by atoms with Crippen LogP contribution in [0.3, 0.4) is 0 Å². The van der Waals surface area contributed by atoms with Crippen LogP contribution in [-0.4, -0.2) is 28.0 Å². The monoisotopic (exact) mass is 458 g/mol. The van der Waals surface area contributed by atoms with Crippen molar-refractivity contribution in [2.75, 3.05) is 23.3 Å².